The minimum absolute atomic E-state index is 0.418. The molecule has 1 aromatic carbocycles. The zero-order valence-corrected chi connectivity index (χ0v) is 12.3. The summed E-state index contributed by atoms with van der Waals surface area (Å²) in [6, 6.07) is 6.14. The average Bonchev–Trinajstić information content (AvgIpc) is 2.88. The minimum Gasteiger partial charge on any atom is -0.377 e. The highest BCUT2D eigenvalue weighted by Gasteiger charge is 2.16. The quantitative estimate of drug-likeness (QED) is 0.805. The summed E-state index contributed by atoms with van der Waals surface area (Å²) in [5.41, 5.74) is 1.32. The first-order chi connectivity index (χ1) is 8.79. The van der Waals surface area contributed by atoms with Crippen LogP contribution in [0.25, 0.3) is 0 Å². The largest absolute Gasteiger partial charge is 0.377 e. The summed E-state index contributed by atoms with van der Waals surface area (Å²) < 4.78 is 5.66. The van der Waals surface area contributed by atoms with Gasteiger partial charge in [0.15, 0.2) is 0 Å². The van der Waals surface area contributed by atoms with Crippen molar-refractivity contribution < 1.29 is 4.74 Å². The van der Waals surface area contributed by atoms with E-state index in [0.717, 1.165) is 30.5 Å². The van der Waals surface area contributed by atoms with Gasteiger partial charge in [0.2, 0.25) is 0 Å². The maximum atomic E-state index is 6.08. The van der Waals surface area contributed by atoms with Gasteiger partial charge >= 0.3 is 0 Å². The molecule has 0 bridgehead atoms. The average molecular weight is 286 g/mol. The summed E-state index contributed by atoms with van der Waals surface area (Å²) in [5.74, 6) is 1.03. The van der Waals surface area contributed by atoms with Gasteiger partial charge in [-0.15, -0.1) is 11.8 Å². The number of benzene rings is 1. The molecule has 1 saturated heterocycles. The van der Waals surface area contributed by atoms with Crippen LogP contribution in [-0.2, 0) is 11.3 Å². The van der Waals surface area contributed by atoms with Crippen LogP contribution in [0.4, 0.5) is 0 Å². The molecule has 0 spiro atoms. The molecule has 4 heteroatoms. The second-order valence-electron chi connectivity index (χ2n) is 4.48. The van der Waals surface area contributed by atoms with Gasteiger partial charge in [0.25, 0.3) is 0 Å². The van der Waals surface area contributed by atoms with Crippen molar-refractivity contribution >= 4 is 23.4 Å². The molecule has 0 saturated carbocycles. The second kappa shape index (κ2) is 7.39. The fourth-order valence-electron chi connectivity index (χ4n) is 2.03. The van der Waals surface area contributed by atoms with Crippen molar-refractivity contribution in [3.8, 4) is 0 Å². The topological polar surface area (TPSA) is 21.3 Å². The molecule has 2 nitrogen and oxygen atoms in total. The molecular formula is C14H20ClNOS. The van der Waals surface area contributed by atoms with Gasteiger partial charge < -0.3 is 10.1 Å². The number of hydrogen-bond donors (Lipinski definition) is 1. The molecule has 2 rings (SSSR count). The van der Waals surface area contributed by atoms with E-state index in [-0.39, 0.29) is 0 Å². The van der Waals surface area contributed by atoms with E-state index in [9.17, 15) is 0 Å². The van der Waals surface area contributed by atoms with Crippen LogP contribution < -0.4 is 5.32 Å². The zero-order chi connectivity index (χ0) is 12.8. The molecule has 1 aliphatic heterocycles. The van der Waals surface area contributed by atoms with E-state index < -0.39 is 0 Å². The maximum Gasteiger partial charge on any atom is 0.0669 e. The third-order valence-electron chi connectivity index (χ3n) is 3.04. The van der Waals surface area contributed by atoms with Crippen LogP contribution >= 0.6 is 23.4 Å². The van der Waals surface area contributed by atoms with Crippen molar-refractivity contribution in [3.05, 3.63) is 28.8 Å². The van der Waals surface area contributed by atoms with Gasteiger partial charge in [-0.1, -0.05) is 24.6 Å². The first-order valence-electron chi connectivity index (χ1n) is 6.53. The Bertz CT molecular complexity index is 380. The van der Waals surface area contributed by atoms with Gasteiger partial charge in [-0.3, -0.25) is 0 Å². The lowest BCUT2D eigenvalue weighted by molar-refractivity contribution is 0.129. The molecule has 0 radical (unpaired) electrons. The highest BCUT2D eigenvalue weighted by Crippen LogP contribution is 2.29. The van der Waals surface area contributed by atoms with E-state index in [2.05, 4.69) is 24.4 Å². The fourth-order valence-corrected chi connectivity index (χ4v) is 3.43. The van der Waals surface area contributed by atoms with E-state index >= 15 is 0 Å². The molecule has 1 unspecified atom stereocenters. The van der Waals surface area contributed by atoms with Crippen LogP contribution in [0.5, 0.6) is 0 Å². The van der Waals surface area contributed by atoms with Gasteiger partial charge in [0.05, 0.1) is 6.10 Å². The Morgan fingerprint density at radius 1 is 1.50 bits per heavy atom. The molecule has 0 aromatic heterocycles. The highest BCUT2D eigenvalue weighted by molar-refractivity contribution is 7.99. The van der Waals surface area contributed by atoms with Gasteiger partial charge in [-0.2, -0.15) is 0 Å². The highest BCUT2D eigenvalue weighted by atomic mass is 35.5. The number of hydrogen-bond acceptors (Lipinski definition) is 3. The smallest absolute Gasteiger partial charge is 0.0669 e. The number of ether oxygens (including phenoxy) is 1. The third kappa shape index (κ3) is 4.16. The summed E-state index contributed by atoms with van der Waals surface area (Å²) in [4.78, 5) is 1.28. The summed E-state index contributed by atoms with van der Waals surface area (Å²) in [6.45, 7) is 4.93. The fraction of sp³-hybridized carbons (Fsp3) is 0.571. The van der Waals surface area contributed by atoms with Crippen molar-refractivity contribution in [2.24, 2.45) is 0 Å². The van der Waals surface area contributed by atoms with Crippen LogP contribution in [-0.4, -0.2) is 25.0 Å². The standard InChI is InChI=1S/C14H20ClNOS/c1-2-16-9-11-5-6-12(15)8-14(11)18-10-13-4-3-7-17-13/h5-6,8,13,16H,2-4,7,9-10H2,1H3. The third-order valence-corrected chi connectivity index (χ3v) is 4.51. The molecule has 1 N–H and O–H groups in total. The Balaban J connectivity index is 1.97. The maximum absolute atomic E-state index is 6.08. The van der Waals surface area contributed by atoms with Crippen LogP contribution in [0.15, 0.2) is 23.1 Å². The van der Waals surface area contributed by atoms with E-state index in [0.29, 0.717) is 6.10 Å². The predicted octanol–water partition coefficient (Wildman–Crippen LogP) is 3.72. The molecule has 1 atom stereocenters. The Morgan fingerprint density at radius 3 is 3.11 bits per heavy atom. The van der Waals surface area contributed by atoms with Crippen molar-refractivity contribution in [1.82, 2.24) is 5.32 Å². The number of halogens is 1. The van der Waals surface area contributed by atoms with Crippen LogP contribution in [0.1, 0.15) is 25.3 Å². The molecule has 1 heterocycles. The Kier molecular flexibility index (Phi) is 5.83. The molecular weight excluding hydrogens is 266 g/mol. The molecule has 1 fully saturated rings. The van der Waals surface area contributed by atoms with Crippen molar-refractivity contribution in [2.45, 2.75) is 37.3 Å². The van der Waals surface area contributed by atoms with E-state index in [1.807, 2.05) is 17.8 Å². The lowest BCUT2D eigenvalue weighted by Crippen LogP contribution is -2.13. The first-order valence-corrected chi connectivity index (χ1v) is 7.89. The van der Waals surface area contributed by atoms with Crippen LogP contribution in [0.2, 0.25) is 5.02 Å². The number of nitrogens with one attached hydrogen (secondary N) is 1. The SMILES string of the molecule is CCNCc1ccc(Cl)cc1SCC1CCCO1. The zero-order valence-electron chi connectivity index (χ0n) is 10.7. The van der Waals surface area contributed by atoms with Crippen molar-refractivity contribution in [3.63, 3.8) is 0 Å². The Labute approximate surface area is 118 Å². The summed E-state index contributed by atoms with van der Waals surface area (Å²) >= 11 is 7.94. The first kappa shape index (κ1) is 14.2. The molecule has 0 aliphatic carbocycles. The minimum atomic E-state index is 0.418. The van der Waals surface area contributed by atoms with Gasteiger partial charge in [0, 0.05) is 28.8 Å². The van der Waals surface area contributed by atoms with Crippen molar-refractivity contribution in [2.75, 3.05) is 18.9 Å². The van der Waals surface area contributed by atoms with Gasteiger partial charge in [-0.25, -0.2) is 0 Å². The normalized spacial score (nSPS) is 19.3. The summed E-state index contributed by atoms with van der Waals surface area (Å²) in [5, 5.41) is 4.17. The lowest BCUT2D eigenvalue weighted by Gasteiger charge is -2.13. The van der Waals surface area contributed by atoms with E-state index in [1.165, 1.54) is 23.3 Å². The Morgan fingerprint density at radius 2 is 2.39 bits per heavy atom. The molecule has 1 aromatic rings. The Hall–Kier alpha value is -0.220. The summed E-state index contributed by atoms with van der Waals surface area (Å²) in [6.07, 6.45) is 2.81. The van der Waals surface area contributed by atoms with Crippen LogP contribution in [0, 0.1) is 0 Å². The lowest BCUT2D eigenvalue weighted by atomic mass is 10.2. The number of thioether (sulfide) groups is 1. The molecule has 0 amide bonds. The van der Waals surface area contributed by atoms with Crippen molar-refractivity contribution in [1.29, 1.82) is 0 Å². The van der Waals surface area contributed by atoms with E-state index in [1.54, 1.807) is 0 Å². The molecule has 100 valence electrons. The second-order valence-corrected chi connectivity index (χ2v) is 5.98. The predicted molar refractivity (Wildman–Crippen MR) is 78.5 cm³/mol. The van der Waals surface area contributed by atoms with E-state index in [4.69, 9.17) is 16.3 Å². The van der Waals surface area contributed by atoms with Gasteiger partial charge in [-0.05, 0) is 37.1 Å². The number of rotatable bonds is 6. The molecule has 18 heavy (non-hydrogen) atoms. The molecule has 1 aliphatic rings. The monoisotopic (exact) mass is 285 g/mol. The summed E-state index contributed by atoms with van der Waals surface area (Å²) in [7, 11) is 0. The van der Waals surface area contributed by atoms with Gasteiger partial charge in [0.1, 0.15) is 0 Å². The van der Waals surface area contributed by atoms with Crippen LogP contribution in [0.3, 0.4) is 0 Å².